The van der Waals surface area contributed by atoms with E-state index in [1.54, 1.807) is 25.3 Å². The van der Waals surface area contributed by atoms with Crippen molar-refractivity contribution in [2.45, 2.75) is 32.9 Å². The van der Waals surface area contributed by atoms with Gasteiger partial charge in [0.15, 0.2) is 5.69 Å². The van der Waals surface area contributed by atoms with Crippen molar-refractivity contribution in [3.8, 4) is 17.1 Å². The van der Waals surface area contributed by atoms with Crippen molar-refractivity contribution in [3.63, 3.8) is 0 Å². The minimum absolute atomic E-state index is 0.0638. The fourth-order valence-electron chi connectivity index (χ4n) is 3.59. The zero-order valence-corrected chi connectivity index (χ0v) is 18.4. The van der Waals surface area contributed by atoms with Gasteiger partial charge in [0.05, 0.1) is 25.5 Å². The van der Waals surface area contributed by atoms with Crippen molar-refractivity contribution in [3.05, 3.63) is 70.0 Å². The molecule has 0 saturated heterocycles. The molecule has 1 atom stereocenters. The largest absolute Gasteiger partial charge is 0.496 e. The van der Waals surface area contributed by atoms with Gasteiger partial charge in [-0.15, -0.1) is 0 Å². The summed E-state index contributed by atoms with van der Waals surface area (Å²) >= 11 is 6.08. The number of hydrogen-bond donors (Lipinski definition) is 1. The molecule has 0 spiro atoms. The number of nitrogens with zero attached hydrogens (tertiary/aromatic N) is 2. The van der Waals surface area contributed by atoms with E-state index in [1.807, 2.05) is 49.6 Å². The smallest absolute Gasteiger partial charge is 0.358 e. The Morgan fingerprint density at radius 1 is 1.17 bits per heavy atom. The molecule has 0 amide bonds. The molecule has 0 fully saturated rings. The lowest BCUT2D eigenvalue weighted by Crippen LogP contribution is -2.16. The van der Waals surface area contributed by atoms with Crippen molar-refractivity contribution >= 4 is 17.6 Å². The minimum Gasteiger partial charge on any atom is -0.496 e. The molecule has 1 aromatic heterocycles. The molecule has 7 heteroatoms. The van der Waals surface area contributed by atoms with E-state index >= 15 is 0 Å². The number of aryl methyl sites for hydroxylation is 1. The molecule has 0 aliphatic rings. The van der Waals surface area contributed by atoms with E-state index in [0.717, 1.165) is 5.56 Å². The molecule has 0 bridgehead atoms. The van der Waals surface area contributed by atoms with Gasteiger partial charge in [0.25, 0.3) is 0 Å². The first-order valence-electron chi connectivity index (χ1n) is 9.58. The lowest BCUT2D eigenvalue weighted by Gasteiger charge is -2.21. The van der Waals surface area contributed by atoms with E-state index < -0.39 is 12.1 Å². The Morgan fingerprint density at radius 2 is 1.87 bits per heavy atom. The van der Waals surface area contributed by atoms with Gasteiger partial charge in [-0.3, -0.25) is 0 Å². The lowest BCUT2D eigenvalue weighted by molar-refractivity contribution is 0.0588. The second-order valence-corrected chi connectivity index (χ2v) is 7.66. The maximum Gasteiger partial charge on any atom is 0.358 e. The number of imidazole rings is 1. The van der Waals surface area contributed by atoms with Crippen molar-refractivity contribution in [2.75, 3.05) is 14.2 Å². The van der Waals surface area contributed by atoms with Gasteiger partial charge < -0.3 is 19.1 Å². The third-order valence-corrected chi connectivity index (χ3v) is 5.21. The van der Waals surface area contributed by atoms with Crippen LogP contribution in [-0.4, -0.2) is 34.8 Å². The Bertz CT molecular complexity index is 1080. The normalized spacial score (nSPS) is 12.1. The molecule has 0 saturated carbocycles. The first-order chi connectivity index (χ1) is 14.3. The van der Waals surface area contributed by atoms with Gasteiger partial charge in [-0.2, -0.15) is 0 Å². The third kappa shape index (κ3) is 3.93. The van der Waals surface area contributed by atoms with E-state index in [9.17, 15) is 9.90 Å². The Labute approximate surface area is 181 Å². The van der Waals surface area contributed by atoms with Crippen LogP contribution < -0.4 is 4.74 Å². The Kier molecular flexibility index (Phi) is 6.48. The maximum absolute atomic E-state index is 12.6. The van der Waals surface area contributed by atoms with Gasteiger partial charge in [0, 0.05) is 11.1 Å². The average molecular weight is 429 g/mol. The highest BCUT2D eigenvalue weighted by atomic mass is 35.5. The molecule has 30 heavy (non-hydrogen) atoms. The number of ether oxygens (including phenoxy) is 2. The molecule has 2 aromatic carbocycles. The van der Waals surface area contributed by atoms with Gasteiger partial charge in [0.1, 0.15) is 17.7 Å². The summed E-state index contributed by atoms with van der Waals surface area (Å²) in [5, 5.41) is 11.9. The SMILES string of the molecule is COC(=O)c1nc(-c2ccccc2OC)n(C(C)C)c1C(O)c1ccc(Cl)cc1C. The van der Waals surface area contributed by atoms with Crippen LogP contribution in [-0.2, 0) is 4.74 Å². The van der Waals surface area contributed by atoms with Crippen molar-refractivity contribution in [1.82, 2.24) is 9.55 Å². The highest BCUT2D eigenvalue weighted by molar-refractivity contribution is 6.30. The molecule has 0 aliphatic carbocycles. The number of aliphatic hydroxyl groups excluding tert-OH is 1. The highest BCUT2D eigenvalue weighted by Crippen LogP contribution is 2.37. The van der Waals surface area contributed by atoms with Crippen molar-refractivity contribution in [2.24, 2.45) is 0 Å². The van der Waals surface area contributed by atoms with Crippen LogP contribution in [0.4, 0.5) is 0 Å². The molecule has 0 aliphatic heterocycles. The summed E-state index contributed by atoms with van der Waals surface area (Å²) < 4.78 is 12.3. The van der Waals surface area contributed by atoms with E-state index in [-0.39, 0.29) is 11.7 Å². The van der Waals surface area contributed by atoms with Crippen LogP contribution in [0, 0.1) is 6.92 Å². The average Bonchev–Trinajstić information content (AvgIpc) is 3.13. The molecule has 3 rings (SSSR count). The quantitative estimate of drug-likeness (QED) is 0.561. The predicted molar refractivity (Wildman–Crippen MR) is 116 cm³/mol. The maximum atomic E-state index is 12.6. The fourth-order valence-corrected chi connectivity index (χ4v) is 3.82. The number of esters is 1. The summed E-state index contributed by atoms with van der Waals surface area (Å²) in [4.78, 5) is 17.2. The summed E-state index contributed by atoms with van der Waals surface area (Å²) in [7, 11) is 2.87. The summed E-state index contributed by atoms with van der Waals surface area (Å²) in [6.45, 7) is 5.79. The van der Waals surface area contributed by atoms with Crippen LogP contribution in [0.5, 0.6) is 5.75 Å². The van der Waals surface area contributed by atoms with Crippen LogP contribution in [0.2, 0.25) is 5.02 Å². The number of carbonyl (C=O) groups excluding carboxylic acids is 1. The molecule has 158 valence electrons. The molecule has 6 nitrogen and oxygen atoms in total. The number of methoxy groups -OCH3 is 2. The monoisotopic (exact) mass is 428 g/mol. The van der Waals surface area contributed by atoms with Gasteiger partial charge in [0.2, 0.25) is 0 Å². The number of benzene rings is 2. The van der Waals surface area contributed by atoms with E-state index in [2.05, 4.69) is 4.98 Å². The molecule has 0 radical (unpaired) electrons. The van der Waals surface area contributed by atoms with Gasteiger partial charge in [-0.05, 0) is 56.2 Å². The Morgan fingerprint density at radius 3 is 2.47 bits per heavy atom. The number of halogens is 1. The minimum atomic E-state index is -1.10. The van der Waals surface area contributed by atoms with E-state index in [1.165, 1.54) is 7.11 Å². The van der Waals surface area contributed by atoms with Crippen LogP contribution in [0.25, 0.3) is 11.4 Å². The first-order valence-corrected chi connectivity index (χ1v) is 9.95. The van der Waals surface area contributed by atoms with Crippen LogP contribution in [0.15, 0.2) is 42.5 Å². The third-order valence-electron chi connectivity index (χ3n) is 4.98. The Hall–Kier alpha value is -2.83. The molecular weight excluding hydrogens is 404 g/mol. The number of carbonyl (C=O) groups is 1. The van der Waals surface area contributed by atoms with Crippen molar-refractivity contribution in [1.29, 1.82) is 0 Å². The molecule has 1 unspecified atom stereocenters. The number of aliphatic hydroxyl groups is 1. The standard InChI is InChI=1S/C23H25ClN2O4/c1-13(2)26-20(21(27)16-11-10-15(24)12-14(16)3)19(23(28)30-5)25-22(26)17-8-6-7-9-18(17)29-4/h6-13,21,27H,1-5H3. The summed E-state index contributed by atoms with van der Waals surface area (Å²) in [6.07, 6.45) is -1.10. The zero-order valence-electron chi connectivity index (χ0n) is 17.6. The lowest BCUT2D eigenvalue weighted by atomic mass is 9.99. The van der Waals surface area contributed by atoms with Gasteiger partial charge >= 0.3 is 5.97 Å². The molecule has 1 N–H and O–H groups in total. The topological polar surface area (TPSA) is 73.6 Å². The van der Waals surface area contributed by atoms with E-state index in [0.29, 0.717) is 33.4 Å². The first kappa shape index (κ1) is 21.9. The second-order valence-electron chi connectivity index (χ2n) is 7.23. The summed E-state index contributed by atoms with van der Waals surface area (Å²) in [5.41, 5.74) is 2.58. The second kappa shape index (κ2) is 8.90. The fraction of sp³-hybridized carbons (Fsp3) is 0.304. The summed E-state index contributed by atoms with van der Waals surface area (Å²) in [5.74, 6) is 0.513. The summed E-state index contributed by atoms with van der Waals surface area (Å²) in [6, 6.07) is 12.6. The van der Waals surface area contributed by atoms with Crippen LogP contribution in [0.3, 0.4) is 0 Å². The number of para-hydroxylation sites is 1. The van der Waals surface area contributed by atoms with Crippen LogP contribution >= 0.6 is 11.6 Å². The molecule has 3 aromatic rings. The molecule has 1 heterocycles. The van der Waals surface area contributed by atoms with Gasteiger partial charge in [-0.1, -0.05) is 29.8 Å². The predicted octanol–water partition coefficient (Wildman–Crippen LogP) is 4.97. The number of rotatable bonds is 6. The van der Waals surface area contributed by atoms with Gasteiger partial charge in [-0.25, -0.2) is 9.78 Å². The highest BCUT2D eigenvalue weighted by Gasteiger charge is 2.31. The zero-order chi connectivity index (χ0) is 22.0. The number of hydrogen-bond acceptors (Lipinski definition) is 5. The van der Waals surface area contributed by atoms with Crippen molar-refractivity contribution < 1.29 is 19.4 Å². The Balaban J connectivity index is 2.33. The van der Waals surface area contributed by atoms with E-state index in [4.69, 9.17) is 21.1 Å². The van der Waals surface area contributed by atoms with Crippen LogP contribution in [0.1, 0.15) is 53.3 Å². The number of aromatic nitrogens is 2. The molecular formula is C23H25ClN2O4.